The SMILES string of the molecule is COc1ccc(N(Cc2ccccc2)C(=O)CNC23CC4C=C2CC(C4)C3)cc1. The van der Waals surface area contributed by atoms with E-state index in [4.69, 9.17) is 4.74 Å². The van der Waals surface area contributed by atoms with Crippen molar-refractivity contribution < 1.29 is 9.53 Å². The molecule has 0 aliphatic heterocycles. The van der Waals surface area contributed by atoms with Crippen LogP contribution in [-0.4, -0.2) is 25.1 Å². The molecule has 1 N–H and O–H groups in total. The van der Waals surface area contributed by atoms with E-state index in [1.54, 1.807) is 12.7 Å². The highest BCUT2D eigenvalue weighted by molar-refractivity contribution is 5.94. The van der Waals surface area contributed by atoms with Gasteiger partial charge < -0.3 is 9.64 Å². The lowest BCUT2D eigenvalue weighted by Gasteiger charge is -2.34. The highest BCUT2D eigenvalue weighted by Crippen LogP contribution is 2.56. The zero-order chi connectivity index (χ0) is 19.8. The van der Waals surface area contributed by atoms with Crippen LogP contribution in [-0.2, 0) is 11.3 Å². The van der Waals surface area contributed by atoms with E-state index < -0.39 is 0 Å². The van der Waals surface area contributed by atoms with Crippen molar-refractivity contribution in [2.75, 3.05) is 18.6 Å². The van der Waals surface area contributed by atoms with Crippen LogP contribution in [0.4, 0.5) is 5.69 Å². The molecule has 3 atom stereocenters. The Hall–Kier alpha value is -2.59. The Labute approximate surface area is 172 Å². The molecule has 0 saturated heterocycles. The summed E-state index contributed by atoms with van der Waals surface area (Å²) in [6.07, 6.45) is 7.42. The van der Waals surface area contributed by atoms with Gasteiger partial charge in [-0.25, -0.2) is 0 Å². The second kappa shape index (κ2) is 7.34. The summed E-state index contributed by atoms with van der Waals surface area (Å²) >= 11 is 0. The second-order valence-corrected chi connectivity index (χ2v) is 8.77. The fourth-order valence-electron chi connectivity index (χ4n) is 5.63. The van der Waals surface area contributed by atoms with Crippen LogP contribution in [0.3, 0.4) is 0 Å². The first-order valence-electron chi connectivity index (χ1n) is 10.6. The first-order chi connectivity index (χ1) is 14.1. The highest BCUT2D eigenvalue weighted by Gasteiger charge is 2.52. The maximum Gasteiger partial charge on any atom is 0.241 e. The number of methoxy groups -OCH3 is 1. The Morgan fingerprint density at radius 2 is 1.93 bits per heavy atom. The third-order valence-electron chi connectivity index (χ3n) is 6.89. The minimum atomic E-state index is 0.0849. The first kappa shape index (κ1) is 18.4. The molecular formula is C25H28N2O2. The van der Waals surface area contributed by atoms with Gasteiger partial charge in [0.25, 0.3) is 0 Å². The molecule has 6 rings (SSSR count). The van der Waals surface area contributed by atoms with Crippen LogP contribution in [0.25, 0.3) is 0 Å². The van der Waals surface area contributed by atoms with Crippen LogP contribution >= 0.6 is 0 Å². The molecule has 0 aromatic heterocycles. The number of nitrogens with zero attached hydrogens (tertiary/aromatic N) is 1. The standard InChI is InChI=1S/C25H28N2O2/c1-29-23-9-7-22(8-10-23)27(17-18-5-3-2-4-6-18)24(28)16-26-25-14-19-11-20(15-25)13-21(25)12-19/h2-10,12,19-20,26H,11,13-17H2,1H3. The molecule has 2 saturated carbocycles. The van der Waals surface area contributed by atoms with Crippen LogP contribution in [0.2, 0.25) is 0 Å². The second-order valence-electron chi connectivity index (χ2n) is 8.77. The molecule has 150 valence electrons. The van der Waals surface area contributed by atoms with Crippen molar-refractivity contribution in [3.8, 4) is 5.75 Å². The number of nitrogens with one attached hydrogen (secondary N) is 1. The summed E-state index contributed by atoms with van der Waals surface area (Å²) in [5, 5.41) is 3.69. The van der Waals surface area contributed by atoms with Crippen LogP contribution in [0, 0.1) is 11.8 Å². The summed E-state index contributed by atoms with van der Waals surface area (Å²) in [5.41, 5.74) is 3.67. The van der Waals surface area contributed by atoms with Crippen molar-refractivity contribution in [3.63, 3.8) is 0 Å². The van der Waals surface area contributed by atoms with Crippen molar-refractivity contribution in [2.45, 2.75) is 37.8 Å². The summed E-state index contributed by atoms with van der Waals surface area (Å²) < 4.78 is 5.28. The van der Waals surface area contributed by atoms with Crippen molar-refractivity contribution in [2.24, 2.45) is 11.8 Å². The summed E-state index contributed by atoms with van der Waals surface area (Å²) in [5.74, 6) is 2.45. The molecule has 2 aromatic rings. The lowest BCUT2D eigenvalue weighted by molar-refractivity contribution is -0.118. The van der Waals surface area contributed by atoms with Gasteiger partial charge in [-0.15, -0.1) is 0 Å². The van der Waals surface area contributed by atoms with Crippen LogP contribution < -0.4 is 15.0 Å². The predicted octanol–water partition coefficient (Wildman–Crippen LogP) is 4.32. The summed E-state index contributed by atoms with van der Waals surface area (Å²) in [7, 11) is 1.66. The number of anilines is 1. The van der Waals surface area contributed by atoms with Crippen LogP contribution in [0.1, 0.15) is 31.2 Å². The molecule has 4 aliphatic rings. The first-order valence-corrected chi connectivity index (χ1v) is 10.6. The van der Waals surface area contributed by atoms with Gasteiger partial charge in [0.05, 0.1) is 20.2 Å². The molecule has 4 bridgehead atoms. The zero-order valence-corrected chi connectivity index (χ0v) is 16.9. The smallest absolute Gasteiger partial charge is 0.241 e. The van der Waals surface area contributed by atoms with Gasteiger partial charge in [0.1, 0.15) is 5.75 Å². The monoisotopic (exact) mass is 388 g/mol. The molecule has 0 spiro atoms. The van der Waals surface area contributed by atoms with Gasteiger partial charge in [-0.2, -0.15) is 0 Å². The molecule has 0 heterocycles. The number of ether oxygens (including phenoxy) is 1. The van der Waals surface area contributed by atoms with Crippen LogP contribution in [0.5, 0.6) is 5.75 Å². The molecule has 29 heavy (non-hydrogen) atoms. The lowest BCUT2D eigenvalue weighted by atomic mass is 9.80. The average molecular weight is 389 g/mol. The van der Waals surface area contributed by atoms with Gasteiger partial charge >= 0.3 is 0 Å². The molecule has 4 nitrogen and oxygen atoms in total. The molecule has 4 aliphatic carbocycles. The molecule has 1 amide bonds. The summed E-state index contributed by atoms with van der Waals surface area (Å²) in [4.78, 5) is 15.2. The topological polar surface area (TPSA) is 41.6 Å². The third kappa shape index (κ3) is 3.46. The van der Waals surface area contributed by atoms with Crippen molar-refractivity contribution in [1.82, 2.24) is 5.32 Å². The number of carbonyl (C=O) groups is 1. The maximum atomic E-state index is 13.3. The van der Waals surface area contributed by atoms with E-state index in [1.807, 2.05) is 47.4 Å². The normalized spacial score (nSPS) is 26.4. The number of allylic oxidation sites excluding steroid dienone is 1. The molecule has 2 fully saturated rings. The average Bonchev–Trinajstić information content (AvgIpc) is 3.15. The van der Waals surface area contributed by atoms with Gasteiger partial charge in [-0.3, -0.25) is 10.1 Å². The van der Waals surface area contributed by atoms with Gasteiger partial charge in [0, 0.05) is 11.2 Å². The van der Waals surface area contributed by atoms with Gasteiger partial charge in [-0.1, -0.05) is 42.0 Å². The van der Waals surface area contributed by atoms with Crippen molar-refractivity contribution in [1.29, 1.82) is 0 Å². The predicted molar refractivity (Wildman–Crippen MR) is 115 cm³/mol. The van der Waals surface area contributed by atoms with Crippen molar-refractivity contribution >= 4 is 11.6 Å². The highest BCUT2D eigenvalue weighted by atomic mass is 16.5. The number of hydrogen-bond donors (Lipinski definition) is 1. The van der Waals surface area contributed by atoms with E-state index in [0.717, 1.165) is 28.8 Å². The zero-order valence-electron chi connectivity index (χ0n) is 16.9. The molecule has 2 aromatic carbocycles. The number of carbonyl (C=O) groups excluding carboxylic acids is 1. The van der Waals surface area contributed by atoms with E-state index in [2.05, 4.69) is 23.5 Å². The van der Waals surface area contributed by atoms with E-state index in [-0.39, 0.29) is 11.4 Å². The van der Waals surface area contributed by atoms with E-state index >= 15 is 0 Å². The van der Waals surface area contributed by atoms with Gasteiger partial charge in [0.2, 0.25) is 5.91 Å². The number of hydrogen-bond acceptors (Lipinski definition) is 3. The number of benzene rings is 2. The quantitative estimate of drug-likeness (QED) is 0.719. The van der Waals surface area contributed by atoms with Gasteiger partial charge in [0.15, 0.2) is 0 Å². The van der Waals surface area contributed by atoms with Crippen molar-refractivity contribution in [3.05, 3.63) is 71.8 Å². The third-order valence-corrected chi connectivity index (χ3v) is 6.89. The maximum absolute atomic E-state index is 13.3. The lowest BCUT2D eigenvalue weighted by Crippen LogP contribution is -2.49. The largest absolute Gasteiger partial charge is 0.497 e. The summed E-state index contributed by atoms with van der Waals surface area (Å²) in [6, 6.07) is 17.9. The van der Waals surface area contributed by atoms with Gasteiger partial charge in [-0.05, 0) is 67.3 Å². The molecule has 0 radical (unpaired) electrons. The Kier molecular flexibility index (Phi) is 4.67. The Morgan fingerprint density at radius 1 is 1.14 bits per heavy atom. The number of amides is 1. The van der Waals surface area contributed by atoms with E-state index in [0.29, 0.717) is 13.1 Å². The van der Waals surface area contributed by atoms with E-state index in [1.165, 1.54) is 25.7 Å². The Bertz CT molecular complexity index is 922. The fraction of sp³-hybridized carbons (Fsp3) is 0.400. The molecular weight excluding hydrogens is 360 g/mol. The Balaban J connectivity index is 1.34. The Morgan fingerprint density at radius 3 is 2.66 bits per heavy atom. The number of rotatable bonds is 7. The van der Waals surface area contributed by atoms with Crippen LogP contribution in [0.15, 0.2) is 66.2 Å². The fourth-order valence-corrected chi connectivity index (χ4v) is 5.63. The minimum Gasteiger partial charge on any atom is -0.497 e. The minimum absolute atomic E-state index is 0.0849. The summed E-state index contributed by atoms with van der Waals surface area (Å²) in [6.45, 7) is 0.935. The molecule has 4 heteroatoms. The van der Waals surface area contributed by atoms with E-state index in [9.17, 15) is 4.79 Å². The molecule has 3 unspecified atom stereocenters.